The summed E-state index contributed by atoms with van der Waals surface area (Å²) in [6.45, 7) is 6.49. The summed E-state index contributed by atoms with van der Waals surface area (Å²) >= 11 is 1.65. The number of anilines is 1. The lowest BCUT2D eigenvalue weighted by Gasteiger charge is -2.14. The summed E-state index contributed by atoms with van der Waals surface area (Å²) in [6, 6.07) is 8.58. The fraction of sp³-hybridized carbons (Fsp3) is 0.222. The molecule has 0 amide bonds. The number of nitrogens with zero attached hydrogens (tertiary/aromatic N) is 3. The van der Waals surface area contributed by atoms with Crippen molar-refractivity contribution in [2.45, 2.75) is 26.2 Å². The molecule has 0 fully saturated rings. The van der Waals surface area contributed by atoms with Crippen molar-refractivity contribution >= 4 is 39.6 Å². The van der Waals surface area contributed by atoms with E-state index >= 15 is 0 Å². The van der Waals surface area contributed by atoms with Gasteiger partial charge in [-0.2, -0.15) is 5.10 Å². The van der Waals surface area contributed by atoms with E-state index in [2.05, 4.69) is 47.3 Å². The van der Waals surface area contributed by atoms with Gasteiger partial charge in [-0.1, -0.05) is 32.9 Å². The lowest BCUT2D eigenvalue weighted by molar-refractivity contribution is 0.0697. The van der Waals surface area contributed by atoms with Gasteiger partial charge in [0.1, 0.15) is 11.2 Å². The van der Waals surface area contributed by atoms with Crippen LogP contribution in [0.2, 0.25) is 0 Å². The number of benzene rings is 1. The second kappa shape index (κ2) is 6.60. The third-order valence-electron chi connectivity index (χ3n) is 3.61. The molecule has 3 rings (SSSR count). The number of hydrogen-bond acceptors (Lipinski definition) is 6. The van der Waals surface area contributed by atoms with Gasteiger partial charge in [0.15, 0.2) is 5.82 Å². The maximum absolute atomic E-state index is 10.8. The summed E-state index contributed by atoms with van der Waals surface area (Å²) in [5, 5.41) is 14.0. The molecule has 0 aliphatic heterocycles. The lowest BCUT2D eigenvalue weighted by atomic mass is 9.94. The Morgan fingerprint density at radius 3 is 2.60 bits per heavy atom. The zero-order chi connectivity index (χ0) is 18.0. The van der Waals surface area contributed by atoms with E-state index in [1.807, 2.05) is 0 Å². The van der Waals surface area contributed by atoms with Gasteiger partial charge in [0.05, 0.1) is 17.2 Å². The monoisotopic (exact) mass is 354 g/mol. The third kappa shape index (κ3) is 3.83. The number of carboxylic acids is 1. The molecule has 7 heteroatoms. The lowest BCUT2D eigenvalue weighted by Crippen LogP contribution is -2.07. The van der Waals surface area contributed by atoms with Crippen LogP contribution >= 0.6 is 11.3 Å². The van der Waals surface area contributed by atoms with Crippen LogP contribution in [-0.4, -0.2) is 27.3 Å². The topological polar surface area (TPSA) is 87.5 Å². The van der Waals surface area contributed by atoms with E-state index in [-0.39, 0.29) is 11.0 Å². The molecule has 0 aliphatic rings. The minimum Gasteiger partial charge on any atom is -0.478 e. The van der Waals surface area contributed by atoms with Crippen molar-refractivity contribution in [3.05, 3.63) is 52.7 Å². The zero-order valence-electron chi connectivity index (χ0n) is 14.1. The maximum atomic E-state index is 10.8. The number of carboxylic acid groups (broad SMARTS) is 1. The van der Waals surface area contributed by atoms with Crippen molar-refractivity contribution in [2.24, 2.45) is 5.10 Å². The Bertz CT molecular complexity index is 940. The Kier molecular flexibility index (Phi) is 4.50. The molecular weight excluding hydrogens is 336 g/mol. The third-order valence-corrected chi connectivity index (χ3v) is 5.08. The molecule has 128 valence electrons. The molecule has 3 aromatic rings. The largest absolute Gasteiger partial charge is 0.478 e. The van der Waals surface area contributed by atoms with Crippen LogP contribution < -0.4 is 5.43 Å². The van der Waals surface area contributed by atoms with Gasteiger partial charge in [0.25, 0.3) is 0 Å². The Labute approximate surface area is 149 Å². The first-order valence-corrected chi connectivity index (χ1v) is 8.54. The van der Waals surface area contributed by atoms with Crippen LogP contribution in [0.15, 0.2) is 41.8 Å². The molecule has 6 nitrogen and oxygen atoms in total. The quantitative estimate of drug-likeness (QED) is 0.543. The summed E-state index contributed by atoms with van der Waals surface area (Å²) in [4.78, 5) is 21.6. The first-order chi connectivity index (χ1) is 11.8. The van der Waals surface area contributed by atoms with E-state index in [9.17, 15) is 4.79 Å². The highest BCUT2D eigenvalue weighted by Gasteiger charge is 2.18. The van der Waals surface area contributed by atoms with Gasteiger partial charge in [-0.25, -0.2) is 14.8 Å². The summed E-state index contributed by atoms with van der Waals surface area (Å²) in [6.07, 6.45) is 3.14. The van der Waals surface area contributed by atoms with Gasteiger partial charge in [0.2, 0.25) is 0 Å². The van der Waals surface area contributed by atoms with E-state index in [1.54, 1.807) is 41.8 Å². The van der Waals surface area contributed by atoms with Crippen molar-refractivity contribution in [1.29, 1.82) is 0 Å². The van der Waals surface area contributed by atoms with Crippen molar-refractivity contribution in [3.63, 3.8) is 0 Å². The molecule has 1 aromatic carbocycles. The molecular formula is C18H18N4O2S. The van der Waals surface area contributed by atoms with Gasteiger partial charge in [-0.3, -0.25) is 5.43 Å². The Morgan fingerprint density at radius 1 is 1.24 bits per heavy atom. The van der Waals surface area contributed by atoms with Gasteiger partial charge >= 0.3 is 5.97 Å². The Balaban J connectivity index is 1.81. The zero-order valence-corrected chi connectivity index (χ0v) is 15.0. The molecule has 0 atom stereocenters. The minimum atomic E-state index is -0.947. The first kappa shape index (κ1) is 17.0. The number of aromatic carboxylic acids is 1. The van der Waals surface area contributed by atoms with Gasteiger partial charge in [-0.15, -0.1) is 11.3 Å². The number of fused-ring (bicyclic) bond motifs is 1. The van der Waals surface area contributed by atoms with E-state index in [0.29, 0.717) is 5.82 Å². The van der Waals surface area contributed by atoms with Crippen LogP contribution in [0.4, 0.5) is 5.82 Å². The number of hydrazone groups is 1. The fourth-order valence-corrected chi connectivity index (χ4v) is 3.25. The van der Waals surface area contributed by atoms with Crippen molar-refractivity contribution in [3.8, 4) is 0 Å². The molecule has 0 unspecified atom stereocenters. The van der Waals surface area contributed by atoms with E-state index in [4.69, 9.17) is 5.11 Å². The average molecular weight is 354 g/mol. The minimum absolute atomic E-state index is 0.0534. The Morgan fingerprint density at radius 2 is 1.96 bits per heavy atom. The molecule has 0 bridgehead atoms. The van der Waals surface area contributed by atoms with E-state index in [0.717, 1.165) is 15.8 Å². The van der Waals surface area contributed by atoms with E-state index < -0.39 is 5.97 Å². The SMILES string of the molecule is CC(C)(C)c1cc2c(NN=Cc3ccc(C(=O)O)cc3)ncnc2s1. The highest BCUT2D eigenvalue weighted by molar-refractivity contribution is 7.18. The molecule has 0 saturated heterocycles. The Hall–Kier alpha value is -2.80. The molecule has 0 aliphatic carbocycles. The number of thiophene rings is 1. The van der Waals surface area contributed by atoms with Crippen molar-refractivity contribution in [1.82, 2.24) is 9.97 Å². The van der Waals surface area contributed by atoms with E-state index in [1.165, 1.54) is 11.2 Å². The van der Waals surface area contributed by atoms with Crippen LogP contribution in [0.3, 0.4) is 0 Å². The maximum Gasteiger partial charge on any atom is 0.335 e. The van der Waals surface area contributed by atoms with Crippen LogP contribution in [0.25, 0.3) is 10.2 Å². The van der Waals surface area contributed by atoms with Crippen LogP contribution in [0.5, 0.6) is 0 Å². The second-order valence-electron chi connectivity index (χ2n) is 6.60. The molecule has 2 heterocycles. The standard InChI is InChI=1S/C18H18N4O2S/c1-18(2,3)14-8-13-15(19-10-20-16(13)25-14)22-21-9-11-4-6-12(7-5-11)17(23)24/h4-10H,1-3H3,(H,23,24)(H,19,20,22). The van der Waals surface area contributed by atoms with Crippen LogP contribution in [0.1, 0.15) is 41.6 Å². The summed E-state index contributed by atoms with van der Waals surface area (Å²) in [5.74, 6) is -0.299. The molecule has 2 aromatic heterocycles. The number of rotatable bonds is 4. The molecule has 0 spiro atoms. The molecule has 0 saturated carbocycles. The highest BCUT2D eigenvalue weighted by atomic mass is 32.1. The second-order valence-corrected chi connectivity index (χ2v) is 7.63. The number of hydrogen-bond donors (Lipinski definition) is 2. The first-order valence-electron chi connectivity index (χ1n) is 7.72. The number of nitrogens with one attached hydrogen (secondary N) is 1. The average Bonchev–Trinajstić information content (AvgIpc) is 3.01. The number of carbonyl (C=O) groups is 1. The van der Waals surface area contributed by atoms with Crippen molar-refractivity contribution in [2.75, 3.05) is 5.43 Å². The predicted molar refractivity (Wildman–Crippen MR) is 101 cm³/mol. The summed E-state index contributed by atoms with van der Waals surface area (Å²) in [7, 11) is 0. The van der Waals surface area contributed by atoms with Gasteiger partial charge < -0.3 is 5.11 Å². The van der Waals surface area contributed by atoms with Crippen LogP contribution in [0, 0.1) is 0 Å². The van der Waals surface area contributed by atoms with Gasteiger partial charge in [0, 0.05) is 4.88 Å². The van der Waals surface area contributed by atoms with Crippen molar-refractivity contribution < 1.29 is 9.90 Å². The molecule has 0 radical (unpaired) electrons. The van der Waals surface area contributed by atoms with Crippen LogP contribution in [-0.2, 0) is 5.41 Å². The molecule has 25 heavy (non-hydrogen) atoms. The summed E-state index contributed by atoms with van der Waals surface area (Å²) in [5.41, 5.74) is 4.04. The smallest absolute Gasteiger partial charge is 0.335 e. The normalized spacial score (nSPS) is 12.0. The van der Waals surface area contributed by atoms with Gasteiger partial charge in [-0.05, 0) is 29.2 Å². The predicted octanol–water partition coefficient (Wildman–Crippen LogP) is 4.13. The molecule has 2 N–H and O–H groups in total. The fourth-order valence-electron chi connectivity index (χ4n) is 2.19. The number of aromatic nitrogens is 2. The highest BCUT2D eigenvalue weighted by Crippen LogP contribution is 2.35. The summed E-state index contributed by atoms with van der Waals surface area (Å²) < 4.78 is 0.